The van der Waals surface area contributed by atoms with E-state index >= 15 is 0 Å². The molecule has 1 unspecified atom stereocenters. The summed E-state index contributed by atoms with van der Waals surface area (Å²) in [6, 6.07) is 2.14. The zero-order valence-electron chi connectivity index (χ0n) is 13.4. The molecule has 0 fully saturated rings. The van der Waals surface area contributed by atoms with E-state index < -0.39 is 17.9 Å². The predicted molar refractivity (Wildman–Crippen MR) is 84.8 cm³/mol. The van der Waals surface area contributed by atoms with Gasteiger partial charge >= 0.3 is 11.9 Å². The van der Waals surface area contributed by atoms with Crippen LogP contribution < -0.4 is 9.64 Å². The second-order valence-corrected chi connectivity index (χ2v) is 6.48. The number of ether oxygens (including phenoxy) is 2. The summed E-state index contributed by atoms with van der Waals surface area (Å²) in [7, 11) is 0. The van der Waals surface area contributed by atoms with Crippen molar-refractivity contribution in [3.63, 3.8) is 0 Å². The first-order valence-corrected chi connectivity index (χ1v) is 8.50. The molecule has 3 aliphatic heterocycles. The molecule has 4 rings (SSSR count). The van der Waals surface area contributed by atoms with Crippen LogP contribution in [-0.2, 0) is 33.6 Å². The summed E-state index contributed by atoms with van der Waals surface area (Å²) < 4.78 is 10.6. The molecule has 0 aromatic heterocycles. The number of hydrogen-bond acceptors (Lipinski definition) is 5. The Labute approximate surface area is 135 Å². The molecule has 1 atom stereocenters. The topological polar surface area (TPSA) is 55.8 Å². The minimum atomic E-state index is -0.823. The summed E-state index contributed by atoms with van der Waals surface area (Å²) in [6.07, 6.45) is 4.64. The smallest absolute Gasteiger partial charge is 0.326 e. The van der Waals surface area contributed by atoms with Gasteiger partial charge < -0.3 is 14.4 Å². The first kappa shape index (κ1) is 14.5. The number of aryl methyl sites for hydroxylation is 1. The van der Waals surface area contributed by atoms with Gasteiger partial charge in [-0.3, -0.25) is 9.59 Å². The van der Waals surface area contributed by atoms with E-state index in [2.05, 4.69) is 11.0 Å². The Morgan fingerprint density at radius 2 is 2.09 bits per heavy atom. The largest absolute Gasteiger partial charge is 0.465 e. The molecule has 0 bridgehead atoms. The zero-order chi connectivity index (χ0) is 16.0. The van der Waals surface area contributed by atoms with Crippen LogP contribution in [0, 0.1) is 5.92 Å². The van der Waals surface area contributed by atoms with Crippen molar-refractivity contribution in [2.75, 3.05) is 24.6 Å². The number of fused-ring (bicyclic) bond motifs is 2. The van der Waals surface area contributed by atoms with Gasteiger partial charge in [0.25, 0.3) is 0 Å². The Kier molecular flexibility index (Phi) is 3.51. The van der Waals surface area contributed by atoms with Gasteiger partial charge in [0.05, 0.1) is 6.61 Å². The second-order valence-electron chi connectivity index (χ2n) is 6.48. The Hall–Kier alpha value is -2.04. The second kappa shape index (κ2) is 5.55. The van der Waals surface area contributed by atoms with Crippen LogP contribution in [0.5, 0.6) is 5.75 Å². The summed E-state index contributed by atoms with van der Waals surface area (Å²) in [5, 5.41) is 0. The number of hydrogen-bond donors (Lipinski definition) is 0. The number of carbonyl (C=O) groups excluding carboxylic acids is 2. The lowest BCUT2D eigenvalue weighted by atomic mass is 9.85. The van der Waals surface area contributed by atoms with Crippen molar-refractivity contribution in [3.05, 3.63) is 22.8 Å². The Bertz CT molecular complexity index is 680. The number of nitrogens with zero attached hydrogens (tertiary/aromatic N) is 1. The van der Waals surface area contributed by atoms with Crippen molar-refractivity contribution in [2.45, 2.75) is 39.0 Å². The van der Waals surface area contributed by atoms with E-state index in [0.29, 0.717) is 12.2 Å². The monoisotopic (exact) mass is 315 g/mol. The number of carbonyl (C=O) groups is 2. The first-order chi connectivity index (χ1) is 11.2. The molecule has 0 saturated carbocycles. The van der Waals surface area contributed by atoms with E-state index in [1.165, 1.54) is 16.8 Å². The fraction of sp³-hybridized carbons (Fsp3) is 0.556. The molecule has 0 spiro atoms. The fourth-order valence-corrected chi connectivity index (χ4v) is 4.07. The molecule has 0 radical (unpaired) electrons. The molecule has 0 aliphatic carbocycles. The summed E-state index contributed by atoms with van der Waals surface area (Å²) in [6.45, 7) is 4.19. The summed E-state index contributed by atoms with van der Waals surface area (Å²) in [4.78, 5) is 26.7. The molecule has 5 heteroatoms. The lowest BCUT2D eigenvalue weighted by Gasteiger charge is -2.39. The highest BCUT2D eigenvalue weighted by Gasteiger charge is 2.39. The number of anilines is 1. The average Bonchev–Trinajstić information content (AvgIpc) is 2.56. The maximum absolute atomic E-state index is 12.3. The number of esters is 2. The van der Waals surface area contributed by atoms with Gasteiger partial charge in [-0.1, -0.05) is 0 Å². The molecule has 0 N–H and O–H groups in total. The Balaban J connectivity index is 1.76. The highest BCUT2D eigenvalue weighted by molar-refractivity contribution is 5.98. The van der Waals surface area contributed by atoms with Gasteiger partial charge in [0.15, 0.2) is 5.92 Å². The summed E-state index contributed by atoms with van der Waals surface area (Å²) in [5.41, 5.74) is 4.77. The molecular formula is C18H21NO4. The molecule has 23 heavy (non-hydrogen) atoms. The zero-order valence-corrected chi connectivity index (χ0v) is 13.4. The molecular weight excluding hydrogens is 294 g/mol. The molecule has 0 amide bonds. The van der Waals surface area contributed by atoms with Crippen LogP contribution in [0.3, 0.4) is 0 Å². The van der Waals surface area contributed by atoms with E-state index in [0.717, 1.165) is 44.3 Å². The van der Waals surface area contributed by atoms with Crippen LogP contribution in [0.2, 0.25) is 0 Å². The van der Waals surface area contributed by atoms with E-state index in [4.69, 9.17) is 9.47 Å². The van der Waals surface area contributed by atoms with Crippen LogP contribution >= 0.6 is 0 Å². The minimum absolute atomic E-state index is 0.278. The van der Waals surface area contributed by atoms with Gasteiger partial charge in [0.1, 0.15) is 5.75 Å². The van der Waals surface area contributed by atoms with Gasteiger partial charge in [0.2, 0.25) is 0 Å². The molecule has 1 aromatic carbocycles. The van der Waals surface area contributed by atoms with Gasteiger partial charge in [-0.05, 0) is 49.8 Å². The lowest BCUT2D eigenvalue weighted by molar-refractivity contribution is -0.157. The summed E-state index contributed by atoms with van der Waals surface area (Å²) in [5.74, 6) is -1.06. The summed E-state index contributed by atoms with van der Waals surface area (Å²) >= 11 is 0. The molecule has 3 heterocycles. The quantitative estimate of drug-likeness (QED) is 0.475. The van der Waals surface area contributed by atoms with Gasteiger partial charge in [-0.2, -0.15) is 0 Å². The maximum atomic E-state index is 12.3. The van der Waals surface area contributed by atoms with Crippen LogP contribution in [-0.4, -0.2) is 31.6 Å². The lowest BCUT2D eigenvalue weighted by Crippen LogP contribution is -2.38. The van der Waals surface area contributed by atoms with Crippen LogP contribution in [0.1, 0.15) is 36.5 Å². The van der Waals surface area contributed by atoms with Gasteiger partial charge in [-0.15, -0.1) is 0 Å². The molecule has 5 nitrogen and oxygen atoms in total. The highest BCUT2D eigenvalue weighted by Crippen LogP contribution is 2.44. The van der Waals surface area contributed by atoms with E-state index in [1.807, 2.05) is 0 Å². The van der Waals surface area contributed by atoms with Crippen LogP contribution in [0.15, 0.2) is 6.07 Å². The van der Waals surface area contributed by atoms with Gasteiger partial charge in [-0.25, -0.2) is 0 Å². The third kappa shape index (κ3) is 2.30. The molecule has 122 valence electrons. The fourth-order valence-electron chi connectivity index (χ4n) is 4.07. The normalized spacial score (nSPS) is 22.0. The SMILES string of the molecule is CCOC(=O)C1Cc2cc3c4c(c2OC1=O)CCCN4CCC3. The standard InChI is InChI=1S/C18H21NO4/c1-2-22-17(20)14-10-12-9-11-5-3-7-19-8-4-6-13(15(11)19)16(12)23-18(14)21/h9,14H,2-8,10H2,1H3. The van der Waals surface area contributed by atoms with Crippen molar-refractivity contribution in [2.24, 2.45) is 5.92 Å². The average molecular weight is 315 g/mol. The minimum Gasteiger partial charge on any atom is -0.465 e. The Morgan fingerprint density at radius 3 is 2.87 bits per heavy atom. The van der Waals surface area contributed by atoms with Crippen LogP contribution in [0.25, 0.3) is 0 Å². The van der Waals surface area contributed by atoms with E-state index in [-0.39, 0.29) is 6.61 Å². The van der Waals surface area contributed by atoms with Crippen molar-refractivity contribution in [1.29, 1.82) is 0 Å². The number of rotatable bonds is 2. The van der Waals surface area contributed by atoms with Crippen LogP contribution in [0.4, 0.5) is 5.69 Å². The maximum Gasteiger partial charge on any atom is 0.326 e. The van der Waals surface area contributed by atoms with Crippen molar-refractivity contribution < 1.29 is 19.1 Å². The van der Waals surface area contributed by atoms with Crippen molar-refractivity contribution in [3.8, 4) is 5.75 Å². The molecule has 1 aromatic rings. The highest BCUT2D eigenvalue weighted by atomic mass is 16.6. The first-order valence-electron chi connectivity index (χ1n) is 8.50. The molecule has 0 saturated heterocycles. The van der Waals surface area contributed by atoms with E-state index in [1.54, 1.807) is 6.92 Å². The third-order valence-corrected chi connectivity index (χ3v) is 5.03. The van der Waals surface area contributed by atoms with Crippen molar-refractivity contribution in [1.82, 2.24) is 0 Å². The Morgan fingerprint density at radius 1 is 1.30 bits per heavy atom. The molecule has 3 aliphatic rings. The van der Waals surface area contributed by atoms with E-state index in [9.17, 15) is 9.59 Å². The third-order valence-electron chi connectivity index (χ3n) is 5.03. The van der Waals surface area contributed by atoms with Crippen molar-refractivity contribution >= 4 is 17.6 Å². The van der Waals surface area contributed by atoms with Gasteiger partial charge in [0, 0.05) is 30.8 Å². The number of benzene rings is 1. The predicted octanol–water partition coefficient (Wildman–Crippen LogP) is 2.03.